The van der Waals surface area contributed by atoms with E-state index in [0.29, 0.717) is 23.7 Å². The van der Waals surface area contributed by atoms with Crippen LogP contribution >= 0.6 is 11.6 Å². The van der Waals surface area contributed by atoms with E-state index in [0.717, 1.165) is 53.0 Å². The molecule has 6 heteroatoms. The molecule has 1 saturated heterocycles. The Hall–Kier alpha value is -2.27. The van der Waals surface area contributed by atoms with Gasteiger partial charge in [-0.05, 0) is 50.7 Å². The SMILES string of the molecule is CCC1(C2=NC(C)=CC2)C2CN(c3cnc(Cc4ccnc(C)c4Cl)c(C)n3)CC21. The molecule has 5 rings (SSSR count). The van der Waals surface area contributed by atoms with E-state index in [1.807, 2.05) is 26.1 Å². The van der Waals surface area contributed by atoms with Crippen molar-refractivity contribution in [3.05, 3.63) is 57.9 Å². The fourth-order valence-corrected chi connectivity index (χ4v) is 5.84. The summed E-state index contributed by atoms with van der Waals surface area (Å²) in [7, 11) is 0. The van der Waals surface area contributed by atoms with Crippen LogP contribution in [0, 0.1) is 31.1 Å². The lowest BCUT2D eigenvalue weighted by Gasteiger charge is -2.27. The molecule has 2 fully saturated rings. The van der Waals surface area contributed by atoms with Gasteiger partial charge in [-0.25, -0.2) is 4.98 Å². The van der Waals surface area contributed by atoms with Crippen molar-refractivity contribution < 1.29 is 0 Å². The molecule has 156 valence electrons. The minimum Gasteiger partial charge on any atom is -0.355 e. The van der Waals surface area contributed by atoms with Crippen LogP contribution in [0.1, 0.15) is 49.3 Å². The van der Waals surface area contributed by atoms with Gasteiger partial charge in [-0.3, -0.25) is 15.0 Å². The van der Waals surface area contributed by atoms with E-state index in [-0.39, 0.29) is 0 Å². The monoisotopic (exact) mass is 421 g/mol. The van der Waals surface area contributed by atoms with Crippen LogP contribution in [0.25, 0.3) is 0 Å². The second-order valence-electron chi connectivity index (χ2n) is 8.93. The van der Waals surface area contributed by atoms with Crippen molar-refractivity contribution >= 4 is 23.1 Å². The predicted molar refractivity (Wildman–Crippen MR) is 121 cm³/mol. The normalized spacial score (nSPS) is 27.2. The van der Waals surface area contributed by atoms with Crippen LogP contribution in [0.4, 0.5) is 5.82 Å². The molecule has 2 unspecified atom stereocenters. The summed E-state index contributed by atoms with van der Waals surface area (Å²) in [6, 6.07) is 1.96. The highest BCUT2D eigenvalue weighted by molar-refractivity contribution is 6.31. The van der Waals surface area contributed by atoms with Crippen LogP contribution < -0.4 is 4.90 Å². The van der Waals surface area contributed by atoms with Gasteiger partial charge in [0.25, 0.3) is 0 Å². The fraction of sp³-hybridized carbons (Fsp3) is 0.500. The first-order valence-electron chi connectivity index (χ1n) is 10.9. The minimum atomic E-state index is 0.323. The quantitative estimate of drug-likeness (QED) is 0.685. The Morgan fingerprint density at radius 1 is 1.13 bits per heavy atom. The van der Waals surface area contributed by atoms with Gasteiger partial charge >= 0.3 is 0 Å². The van der Waals surface area contributed by atoms with Crippen LogP contribution in [0.5, 0.6) is 0 Å². The van der Waals surface area contributed by atoms with E-state index in [9.17, 15) is 0 Å². The third-order valence-corrected chi connectivity index (χ3v) is 7.94. The highest BCUT2D eigenvalue weighted by atomic mass is 35.5. The van der Waals surface area contributed by atoms with Crippen molar-refractivity contribution in [1.29, 1.82) is 0 Å². The molecular formula is C24H28ClN5. The van der Waals surface area contributed by atoms with Gasteiger partial charge in [0.1, 0.15) is 5.82 Å². The number of allylic oxidation sites excluding steroid dienone is 2. The van der Waals surface area contributed by atoms with Gasteiger partial charge in [0.2, 0.25) is 0 Å². The van der Waals surface area contributed by atoms with Crippen molar-refractivity contribution in [2.24, 2.45) is 22.2 Å². The summed E-state index contributed by atoms with van der Waals surface area (Å²) >= 11 is 6.42. The number of pyridine rings is 1. The third-order valence-electron chi connectivity index (χ3n) is 7.42. The summed E-state index contributed by atoms with van der Waals surface area (Å²) in [5.74, 6) is 2.38. The molecule has 2 aromatic rings. The Morgan fingerprint density at radius 3 is 2.53 bits per heavy atom. The third kappa shape index (κ3) is 2.97. The lowest BCUT2D eigenvalue weighted by molar-refractivity contribution is 0.520. The number of aliphatic imine (C=N–C) groups is 1. The number of fused-ring (bicyclic) bond motifs is 1. The second kappa shape index (κ2) is 7.16. The molecule has 30 heavy (non-hydrogen) atoms. The average Bonchev–Trinajstić information content (AvgIpc) is 3.07. The maximum absolute atomic E-state index is 6.42. The number of aryl methyl sites for hydroxylation is 2. The van der Waals surface area contributed by atoms with Crippen molar-refractivity contribution in [3.8, 4) is 0 Å². The van der Waals surface area contributed by atoms with E-state index < -0.39 is 0 Å². The fourth-order valence-electron chi connectivity index (χ4n) is 5.66. The lowest BCUT2D eigenvalue weighted by Crippen LogP contribution is -2.32. The van der Waals surface area contributed by atoms with Gasteiger partial charge in [-0.1, -0.05) is 24.6 Å². The molecule has 5 nitrogen and oxygen atoms in total. The Morgan fingerprint density at radius 2 is 1.90 bits per heavy atom. The van der Waals surface area contributed by atoms with E-state index in [1.54, 1.807) is 6.20 Å². The Bertz CT molecular complexity index is 1060. The van der Waals surface area contributed by atoms with Gasteiger partial charge in [-0.2, -0.15) is 0 Å². The molecular weight excluding hydrogens is 394 g/mol. The molecule has 0 aromatic carbocycles. The molecule has 2 atom stereocenters. The topological polar surface area (TPSA) is 54.3 Å². The number of halogens is 1. The molecule has 2 aromatic heterocycles. The Balaban J connectivity index is 1.30. The zero-order chi connectivity index (χ0) is 21.0. The van der Waals surface area contributed by atoms with Crippen LogP contribution in [-0.4, -0.2) is 33.8 Å². The minimum absolute atomic E-state index is 0.323. The molecule has 0 N–H and O–H groups in total. The number of nitrogens with zero attached hydrogens (tertiary/aromatic N) is 5. The summed E-state index contributed by atoms with van der Waals surface area (Å²) in [5.41, 5.74) is 6.76. The van der Waals surface area contributed by atoms with Crippen LogP contribution in [-0.2, 0) is 6.42 Å². The van der Waals surface area contributed by atoms with Crippen molar-refractivity contribution in [1.82, 2.24) is 15.0 Å². The summed E-state index contributed by atoms with van der Waals surface area (Å²) < 4.78 is 0. The summed E-state index contributed by atoms with van der Waals surface area (Å²) in [6.45, 7) is 10.5. The number of hydrogen-bond donors (Lipinski definition) is 0. The van der Waals surface area contributed by atoms with Gasteiger partial charge in [0.15, 0.2) is 0 Å². The molecule has 4 heterocycles. The average molecular weight is 422 g/mol. The summed E-state index contributed by atoms with van der Waals surface area (Å²) in [6.07, 6.45) is 8.90. The zero-order valence-corrected chi connectivity index (χ0v) is 18.9. The maximum Gasteiger partial charge on any atom is 0.147 e. The number of anilines is 1. The lowest BCUT2D eigenvalue weighted by atomic mass is 9.89. The Labute approximate surface area is 183 Å². The van der Waals surface area contributed by atoms with Gasteiger partial charge in [0.05, 0.1) is 28.3 Å². The van der Waals surface area contributed by atoms with E-state index in [4.69, 9.17) is 26.6 Å². The zero-order valence-electron chi connectivity index (χ0n) is 18.1. The van der Waals surface area contributed by atoms with Crippen LogP contribution in [0.3, 0.4) is 0 Å². The van der Waals surface area contributed by atoms with Crippen LogP contribution in [0.2, 0.25) is 5.02 Å². The number of hydrogen-bond acceptors (Lipinski definition) is 5. The first-order valence-corrected chi connectivity index (χ1v) is 11.2. The number of rotatable bonds is 5. The first kappa shape index (κ1) is 19.7. The molecule has 0 radical (unpaired) electrons. The van der Waals surface area contributed by atoms with Crippen LogP contribution in [0.15, 0.2) is 35.2 Å². The predicted octanol–water partition coefficient (Wildman–Crippen LogP) is 4.94. The first-order chi connectivity index (χ1) is 14.4. The second-order valence-corrected chi connectivity index (χ2v) is 9.30. The molecule has 0 bridgehead atoms. The van der Waals surface area contributed by atoms with Crippen molar-refractivity contribution in [2.45, 2.75) is 47.0 Å². The summed E-state index contributed by atoms with van der Waals surface area (Å²) in [5, 5.41) is 0.720. The highest BCUT2D eigenvalue weighted by Gasteiger charge is 2.69. The van der Waals surface area contributed by atoms with Crippen molar-refractivity contribution in [3.63, 3.8) is 0 Å². The molecule has 2 aliphatic heterocycles. The van der Waals surface area contributed by atoms with Gasteiger partial charge in [-0.15, -0.1) is 0 Å². The molecule has 1 aliphatic carbocycles. The number of aromatic nitrogens is 3. The van der Waals surface area contributed by atoms with E-state index in [2.05, 4.69) is 29.8 Å². The smallest absolute Gasteiger partial charge is 0.147 e. The maximum atomic E-state index is 6.42. The summed E-state index contributed by atoms with van der Waals surface area (Å²) in [4.78, 5) is 21.2. The molecule has 1 saturated carbocycles. The van der Waals surface area contributed by atoms with E-state index in [1.165, 1.54) is 17.8 Å². The largest absolute Gasteiger partial charge is 0.355 e. The van der Waals surface area contributed by atoms with Crippen molar-refractivity contribution in [2.75, 3.05) is 18.0 Å². The number of piperidine rings is 1. The highest BCUT2D eigenvalue weighted by Crippen LogP contribution is 2.66. The Kier molecular flexibility index (Phi) is 4.69. The van der Waals surface area contributed by atoms with E-state index >= 15 is 0 Å². The molecule has 0 amide bonds. The molecule has 3 aliphatic rings. The van der Waals surface area contributed by atoms with Gasteiger partial charge in [0, 0.05) is 49.0 Å². The standard InChI is InChI=1S/C24H28ClN5/c1-5-24(21-7-6-14(2)28-21)18-12-30(13-19(18)24)22-11-27-20(15(3)29-22)10-17-8-9-26-16(4)23(17)25/h6,8-9,11,18-19H,5,7,10,12-13H2,1-4H3. The molecule has 0 spiro atoms. The van der Waals surface area contributed by atoms with Gasteiger partial charge < -0.3 is 4.90 Å².